The highest BCUT2D eigenvalue weighted by Crippen LogP contribution is 2.22. The van der Waals surface area contributed by atoms with Crippen LogP contribution >= 0.6 is 0 Å². The number of aliphatic hydroxyl groups excluding tert-OH is 1. The van der Waals surface area contributed by atoms with Crippen LogP contribution in [0.1, 0.15) is 52.4 Å². The van der Waals surface area contributed by atoms with Crippen molar-refractivity contribution in [3.8, 4) is 0 Å². The summed E-state index contributed by atoms with van der Waals surface area (Å²) in [5.74, 6) is 0. The Kier molecular flexibility index (Phi) is 7.82. The van der Waals surface area contributed by atoms with E-state index in [2.05, 4.69) is 24.1 Å². The first-order chi connectivity index (χ1) is 8.31. The van der Waals surface area contributed by atoms with E-state index in [1.165, 1.54) is 32.1 Å². The Balaban J connectivity index is 2.36. The first-order valence-electron chi connectivity index (χ1n) is 7.40. The summed E-state index contributed by atoms with van der Waals surface area (Å²) in [7, 11) is 0. The fourth-order valence-corrected chi connectivity index (χ4v) is 2.80. The predicted molar refractivity (Wildman–Crippen MR) is 73.3 cm³/mol. The molecule has 1 rings (SSSR count). The van der Waals surface area contributed by atoms with Gasteiger partial charge >= 0.3 is 0 Å². The van der Waals surface area contributed by atoms with Gasteiger partial charge in [-0.05, 0) is 32.4 Å². The summed E-state index contributed by atoms with van der Waals surface area (Å²) in [6, 6.07) is 1.00. The van der Waals surface area contributed by atoms with Gasteiger partial charge in [-0.1, -0.05) is 33.1 Å². The van der Waals surface area contributed by atoms with Crippen molar-refractivity contribution in [2.75, 3.05) is 26.2 Å². The van der Waals surface area contributed by atoms with Crippen molar-refractivity contribution >= 4 is 0 Å². The largest absolute Gasteiger partial charge is 0.395 e. The molecule has 1 saturated carbocycles. The van der Waals surface area contributed by atoms with Gasteiger partial charge in [-0.3, -0.25) is 4.90 Å². The lowest BCUT2D eigenvalue weighted by Gasteiger charge is -2.35. The minimum Gasteiger partial charge on any atom is -0.395 e. The van der Waals surface area contributed by atoms with Crippen LogP contribution in [0.2, 0.25) is 0 Å². The fraction of sp³-hybridized carbons (Fsp3) is 1.00. The Morgan fingerprint density at radius 1 is 1.24 bits per heavy atom. The molecule has 1 aliphatic carbocycles. The highest BCUT2D eigenvalue weighted by Gasteiger charge is 2.22. The lowest BCUT2D eigenvalue weighted by atomic mass is 9.94. The van der Waals surface area contributed by atoms with Gasteiger partial charge in [0.1, 0.15) is 0 Å². The van der Waals surface area contributed by atoms with Crippen molar-refractivity contribution in [3.05, 3.63) is 0 Å². The molecule has 3 nitrogen and oxygen atoms in total. The van der Waals surface area contributed by atoms with Crippen LogP contribution < -0.4 is 5.32 Å². The fourth-order valence-electron chi connectivity index (χ4n) is 2.80. The van der Waals surface area contributed by atoms with E-state index in [1.54, 1.807) is 0 Å². The Labute approximate surface area is 107 Å². The summed E-state index contributed by atoms with van der Waals surface area (Å²) >= 11 is 0. The van der Waals surface area contributed by atoms with E-state index < -0.39 is 0 Å². The summed E-state index contributed by atoms with van der Waals surface area (Å²) in [6.07, 6.45) is 8.00. The Morgan fingerprint density at radius 2 is 1.94 bits per heavy atom. The third kappa shape index (κ3) is 5.36. The minimum absolute atomic E-state index is 0.247. The average molecular weight is 242 g/mol. The molecule has 0 aromatic rings. The normalized spacial score (nSPS) is 19.8. The standard InChI is InChI=1S/C14H30N2O/c1-3-10-15-13(12-17)11-16(4-2)14-8-6-5-7-9-14/h13-15,17H,3-12H2,1-2H3. The van der Waals surface area contributed by atoms with E-state index >= 15 is 0 Å². The highest BCUT2D eigenvalue weighted by atomic mass is 16.3. The van der Waals surface area contributed by atoms with Crippen LogP contribution in [-0.4, -0.2) is 48.3 Å². The Morgan fingerprint density at radius 3 is 2.47 bits per heavy atom. The minimum atomic E-state index is 0.247. The number of nitrogens with zero attached hydrogens (tertiary/aromatic N) is 1. The summed E-state index contributed by atoms with van der Waals surface area (Å²) in [6.45, 7) is 7.77. The van der Waals surface area contributed by atoms with Crippen molar-refractivity contribution in [2.45, 2.75) is 64.5 Å². The molecule has 0 aromatic carbocycles. The summed E-state index contributed by atoms with van der Waals surface area (Å²) in [4.78, 5) is 2.56. The molecule has 0 heterocycles. The molecule has 0 saturated heterocycles. The topological polar surface area (TPSA) is 35.5 Å². The third-order valence-electron chi connectivity index (χ3n) is 3.86. The monoisotopic (exact) mass is 242 g/mol. The number of likely N-dealkylation sites (N-methyl/N-ethyl adjacent to an activating group) is 1. The zero-order valence-corrected chi connectivity index (χ0v) is 11.6. The van der Waals surface area contributed by atoms with Gasteiger partial charge in [0, 0.05) is 18.6 Å². The Hall–Kier alpha value is -0.120. The maximum absolute atomic E-state index is 9.41. The molecule has 1 unspecified atom stereocenters. The van der Waals surface area contributed by atoms with E-state index in [0.29, 0.717) is 0 Å². The number of nitrogens with one attached hydrogen (secondary N) is 1. The van der Waals surface area contributed by atoms with Gasteiger partial charge in [-0.15, -0.1) is 0 Å². The maximum Gasteiger partial charge on any atom is 0.0597 e. The molecule has 102 valence electrons. The van der Waals surface area contributed by atoms with Crippen molar-refractivity contribution < 1.29 is 5.11 Å². The molecule has 0 amide bonds. The summed E-state index contributed by atoms with van der Waals surface area (Å²) in [5.41, 5.74) is 0. The van der Waals surface area contributed by atoms with Crippen LogP contribution in [0.3, 0.4) is 0 Å². The number of rotatable bonds is 8. The molecule has 0 aromatic heterocycles. The van der Waals surface area contributed by atoms with Crippen molar-refractivity contribution in [1.29, 1.82) is 0 Å². The quantitative estimate of drug-likeness (QED) is 0.683. The van der Waals surface area contributed by atoms with E-state index in [-0.39, 0.29) is 12.6 Å². The number of hydrogen-bond acceptors (Lipinski definition) is 3. The molecular weight excluding hydrogens is 212 g/mol. The molecule has 1 aliphatic rings. The number of hydrogen-bond donors (Lipinski definition) is 2. The molecule has 3 heteroatoms. The molecule has 0 aliphatic heterocycles. The van der Waals surface area contributed by atoms with E-state index in [4.69, 9.17) is 0 Å². The second kappa shape index (κ2) is 8.90. The first kappa shape index (κ1) is 14.9. The zero-order chi connectivity index (χ0) is 12.5. The van der Waals surface area contributed by atoms with Gasteiger partial charge < -0.3 is 10.4 Å². The van der Waals surface area contributed by atoms with Crippen LogP contribution in [0.25, 0.3) is 0 Å². The lowest BCUT2D eigenvalue weighted by Crippen LogP contribution is -2.47. The molecule has 1 fully saturated rings. The maximum atomic E-state index is 9.41. The predicted octanol–water partition coefficient (Wildman–Crippen LogP) is 2.00. The van der Waals surface area contributed by atoms with E-state index in [1.807, 2.05) is 0 Å². The van der Waals surface area contributed by atoms with Crippen molar-refractivity contribution in [1.82, 2.24) is 10.2 Å². The van der Waals surface area contributed by atoms with Crippen LogP contribution in [0.4, 0.5) is 0 Å². The molecule has 0 spiro atoms. The van der Waals surface area contributed by atoms with Gasteiger partial charge in [-0.25, -0.2) is 0 Å². The second-order valence-corrected chi connectivity index (χ2v) is 5.21. The molecule has 0 bridgehead atoms. The van der Waals surface area contributed by atoms with Gasteiger partial charge in [0.25, 0.3) is 0 Å². The van der Waals surface area contributed by atoms with Crippen LogP contribution in [0.5, 0.6) is 0 Å². The zero-order valence-electron chi connectivity index (χ0n) is 11.6. The summed E-state index contributed by atoms with van der Waals surface area (Å²) < 4.78 is 0. The summed E-state index contributed by atoms with van der Waals surface area (Å²) in [5, 5.41) is 12.8. The van der Waals surface area contributed by atoms with Gasteiger partial charge in [0.05, 0.1) is 6.61 Å². The highest BCUT2D eigenvalue weighted by molar-refractivity contribution is 4.79. The van der Waals surface area contributed by atoms with Gasteiger partial charge in [-0.2, -0.15) is 0 Å². The van der Waals surface area contributed by atoms with E-state index in [0.717, 1.165) is 32.1 Å². The van der Waals surface area contributed by atoms with Gasteiger partial charge in [0.2, 0.25) is 0 Å². The average Bonchev–Trinajstić information content (AvgIpc) is 2.40. The Bertz CT molecular complexity index is 181. The second-order valence-electron chi connectivity index (χ2n) is 5.21. The smallest absolute Gasteiger partial charge is 0.0597 e. The van der Waals surface area contributed by atoms with Gasteiger partial charge in [0.15, 0.2) is 0 Å². The lowest BCUT2D eigenvalue weighted by molar-refractivity contribution is 0.126. The van der Waals surface area contributed by atoms with Crippen LogP contribution in [-0.2, 0) is 0 Å². The third-order valence-corrected chi connectivity index (χ3v) is 3.86. The molecule has 17 heavy (non-hydrogen) atoms. The van der Waals surface area contributed by atoms with E-state index in [9.17, 15) is 5.11 Å². The molecule has 0 radical (unpaired) electrons. The van der Waals surface area contributed by atoms with Crippen molar-refractivity contribution in [3.63, 3.8) is 0 Å². The molecule has 1 atom stereocenters. The molecular formula is C14H30N2O. The SMILES string of the molecule is CCCNC(CO)CN(CC)C1CCCCC1. The molecule has 2 N–H and O–H groups in total. The van der Waals surface area contributed by atoms with Crippen LogP contribution in [0, 0.1) is 0 Å². The van der Waals surface area contributed by atoms with Crippen LogP contribution in [0.15, 0.2) is 0 Å². The van der Waals surface area contributed by atoms with Crippen molar-refractivity contribution in [2.24, 2.45) is 0 Å². The first-order valence-corrected chi connectivity index (χ1v) is 7.40. The number of aliphatic hydroxyl groups is 1.